The molecule has 0 fully saturated rings. The van der Waals surface area contributed by atoms with E-state index >= 15 is 0 Å². The molecule has 0 saturated heterocycles. The summed E-state index contributed by atoms with van der Waals surface area (Å²) in [6.07, 6.45) is -4.77. The monoisotopic (exact) mass is 489 g/mol. The minimum Gasteiger partial charge on any atom is -0.748 e. The van der Waals surface area contributed by atoms with Gasteiger partial charge in [-0.05, 0) is 37.6 Å². The molecule has 0 aromatic heterocycles. The molecule has 2 aromatic rings. The highest BCUT2D eigenvalue weighted by Crippen LogP contribution is 2.39. The van der Waals surface area contributed by atoms with Crippen LogP contribution in [-0.4, -0.2) is 43.9 Å². The predicted molar refractivity (Wildman–Crippen MR) is 107 cm³/mol. The van der Waals surface area contributed by atoms with Crippen LogP contribution in [0.15, 0.2) is 48.5 Å². The van der Waals surface area contributed by atoms with E-state index in [1.54, 1.807) is 44.2 Å². The standard InChI is InChI=1S/C21H21F3O8S/c1-20(2,15-6-4-3-5-7-15)32-17-12-14(8-9-16(17)21(22,23)24)19(26)31-13-18(25)30-10-11-33(27,28)29/h3-9,12H,10-11,13H2,1-2H3,(H,27,28,29)/p-1. The van der Waals surface area contributed by atoms with E-state index in [0.717, 1.165) is 12.1 Å². The Morgan fingerprint density at radius 3 is 2.21 bits per heavy atom. The summed E-state index contributed by atoms with van der Waals surface area (Å²) in [5, 5.41) is 0. The second-order valence-electron chi connectivity index (χ2n) is 7.25. The molecule has 0 unspecified atom stereocenters. The lowest BCUT2D eigenvalue weighted by molar-refractivity contribution is -0.146. The maximum Gasteiger partial charge on any atom is 0.419 e. The van der Waals surface area contributed by atoms with E-state index in [1.165, 1.54) is 0 Å². The van der Waals surface area contributed by atoms with Crippen molar-refractivity contribution in [1.29, 1.82) is 0 Å². The molecule has 0 amide bonds. The average Bonchev–Trinajstić information content (AvgIpc) is 2.70. The van der Waals surface area contributed by atoms with Crippen LogP contribution in [0.3, 0.4) is 0 Å². The first-order valence-corrected chi connectivity index (χ1v) is 11.0. The van der Waals surface area contributed by atoms with Crippen molar-refractivity contribution in [3.8, 4) is 5.75 Å². The topological polar surface area (TPSA) is 119 Å². The Bertz CT molecular complexity index is 1100. The molecule has 0 heterocycles. The quantitative estimate of drug-likeness (QED) is 0.389. The number of esters is 2. The molecule has 8 nitrogen and oxygen atoms in total. The molecule has 180 valence electrons. The number of carbonyl (C=O) groups excluding carboxylic acids is 2. The van der Waals surface area contributed by atoms with Crippen LogP contribution >= 0.6 is 0 Å². The van der Waals surface area contributed by atoms with E-state index in [4.69, 9.17) is 4.74 Å². The van der Waals surface area contributed by atoms with Gasteiger partial charge in [-0.2, -0.15) is 13.2 Å². The summed E-state index contributed by atoms with van der Waals surface area (Å²) in [4.78, 5) is 23.7. The van der Waals surface area contributed by atoms with E-state index in [2.05, 4.69) is 9.47 Å². The number of ether oxygens (including phenoxy) is 3. The number of carbonyl (C=O) groups is 2. The largest absolute Gasteiger partial charge is 0.748 e. The lowest BCUT2D eigenvalue weighted by atomic mass is 9.97. The first-order valence-electron chi connectivity index (χ1n) is 9.41. The van der Waals surface area contributed by atoms with Gasteiger partial charge >= 0.3 is 18.1 Å². The van der Waals surface area contributed by atoms with Gasteiger partial charge in [-0.15, -0.1) is 0 Å². The van der Waals surface area contributed by atoms with Crippen LogP contribution in [0.1, 0.15) is 35.3 Å². The fourth-order valence-electron chi connectivity index (χ4n) is 2.65. The van der Waals surface area contributed by atoms with Gasteiger partial charge < -0.3 is 18.8 Å². The van der Waals surface area contributed by atoms with Crippen molar-refractivity contribution in [2.45, 2.75) is 25.6 Å². The summed E-state index contributed by atoms with van der Waals surface area (Å²) >= 11 is 0. The van der Waals surface area contributed by atoms with E-state index < -0.39 is 64.1 Å². The third-order valence-corrected chi connectivity index (χ3v) is 4.94. The number of hydrogen-bond donors (Lipinski definition) is 0. The minimum absolute atomic E-state index is 0.322. The molecule has 0 spiro atoms. The second-order valence-corrected chi connectivity index (χ2v) is 8.77. The molecule has 0 aliphatic rings. The Balaban J connectivity index is 2.17. The molecular formula is C21H20F3O8S-. The predicted octanol–water partition coefficient (Wildman–Crippen LogP) is 3.26. The van der Waals surface area contributed by atoms with Gasteiger partial charge in [0.2, 0.25) is 0 Å². The second kappa shape index (κ2) is 10.2. The number of benzene rings is 2. The average molecular weight is 489 g/mol. The summed E-state index contributed by atoms with van der Waals surface area (Å²) in [7, 11) is -4.59. The van der Waals surface area contributed by atoms with E-state index in [1.807, 2.05) is 0 Å². The third kappa shape index (κ3) is 8.06. The van der Waals surface area contributed by atoms with Crippen molar-refractivity contribution in [1.82, 2.24) is 0 Å². The lowest BCUT2D eigenvalue weighted by Gasteiger charge is -2.29. The van der Waals surface area contributed by atoms with Crippen LogP contribution in [0, 0.1) is 0 Å². The van der Waals surface area contributed by atoms with Crippen molar-refractivity contribution in [3.63, 3.8) is 0 Å². The van der Waals surface area contributed by atoms with Crippen LogP contribution < -0.4 is 4.74 Å². The fourth-order valence-corrected chi connectivity index (χ4v) is 2.94. The summed E-state index contributed by atoms with van der Waals surface area (Å²) < 4.78 is 86.6. The van der Waals surface area contributed by atoms with Crippen molar-refractivity contribution in [3.05, 3.63) is 65.2 Å². The van der Waals surface area contributed by atoms with Gasteiger partial charge in [-0.25, -0.2) is 18.0 Å². The van der Waals surface area contributed by atoms with E-state index in [-0.39, 0.29) is 5.56 Å². The molecule has 0 atom stereocenters. The number of alkyl halides is 3. The minimum atomic E-state index is -4.77. The highest BCUT2D eigenvalue weighted by atomic mass is 32.2. The number of rotatable bonds is 9. The molecule has 12 heteroatoms. The molecule has 0 N–H and O–H groups in total. The smallest absolute Gasteiger partial charge is 0.419 e. The van der Waals surface area contributed by atoms with Crippen LogP contribution in [0.5, 0.6) is 5.75 Å². The Morgan fingerprint density at radius 1 is 1.00 bits per heavy atom. The first kappa shape index (κ1) is 26.1. The van der Waals surface area contributed by atoms with Crippen molar-refractivity contribution >= 4 is 22.1 Å². The molecule has 0 aliphatic carbocycles. The van der Waals surface area contributed by atoms with Crippen molar-refractivity contribution < 1.29 is 49.9 Å². The zero-order valence-electron chi connectivity index (χ0n) is 17.5. The molecule has 33 heavy (non-hydrogen) atoms. The summed E-state index contributed by atoms with van der Waals surface area (Å²) in [5.41, 5.74) is -2.03. The maximum absolute atomic E-state index is 13.5. The van der Waals surface area contributed by atoms with Gasteiger partial charge in [0.05, 0.1) is 27.0 Å². The van der Waals surface area contributed by atoms with Gasteiger partial charge in [-0.1, -0.05) is 30.3 Å². The molecular weight excluding hydrogens is 469 g/mol. The maximum atomic E-state index is 13.5. The highest BCUT2D eigenvalue weighted by Gasteiger charge is 2.37. The fraction of sp³-hybridized carbons (Fsp3) is 0.333. The molecule has 0 saturated carbocycles. The van der Waals surface area contributed by atoms with Gasteiger partial charge in [0.1, 0.15) is 18.0 Å². The van der Waals surface area contributed by atoms with Gasteiger partial charge in [0, 0.05) is 0 Å². The molecule has 2 aromatic carbocycles. The lowest BCUT2D eigenvalue weighted by Crippen LogP contribution is -2.27. The van der Waals surface area contributed by atoms with Gasteiger partial charge in [0.25, 0.3) is 0 Å². The van der Waals surface area contributed by atoms with E-state index in [9.17, 15) is 35.7 Å². The van der Waals surface area contributed by atoms with Crippen LogP contribution in [0.2, 0.25) is 0 Å². The Labute approximate surface area is 188 Å². The number of halogens is 3. The first-order chi connectivity index (χ1) is 15.2. The third-order valence-electron chi connectivity index (χ3n) is 4.27. The van der Waals surface area contributed by atoms with E-state index in [0.29, 0.717) is 11.6 Å². The Hall–Kier alpha value is -3.12. The van der Waals surface area contributed by atoms with Gasteiger partial charge in [-0.3, -0.25) is 0 Å². The normalized spacial score (nSPS) is 12.2. The zero-order chi connectivity index (χ0) is 24.9. The van der Waals surface area contributed by atoms with Gasteiger partial charge in [0.15, 0.2) is 6.61 Å². The van der Waals surface area contributed by atoms with Crippen LogP contribution in [0.25, 0.3) is 0 Å². The molecule has 2 rings (SSSR count). The van der Waals surface area contributed by atoms with Crippen LogP contribution in [-0.2, 0) is 36.2 Å². The van der Waals surface area contributed by atoms with Crippen LogP contribution in [0.4, 0.5) is 13.2 Å². The van der Waals surface area contributed by atoms with Crippen molar-refractivity contribution in [2.75, 3.05) is 19.0 Å². The summed E-state index contributed by atoms with van der Waals surface area (Å²) in [5.74, 6) is -3.85. The summed E-state index contributed by atoms with van der Waals surface area (Å²) in [6, 6.07) is 10.9. The summed E-state index contributed by atoms with van der Waals surface area (Å²) in [6.45, 7) is 1.46. The van der Waals surface area contributed by atoms with Crippen molar-refractivity contribution in [2.24, 2.45) is 0 Å². The molecule has 0 aliphatic heterocycles. The highest BCUT2D eigenvalue weighted by molar-refractivity contribution is 7.85. The Kier molecular flexibility index (Phi) is 8.09. The Morgan fingerprint density at radius 2 is 1.64 bits per heavy atom. The SMILES string of the molecule is CC(C)(Oc1cc(C(=O)OCC(=O)OCCS(=O)(=O)[O-])ccc1C(F)(F)F)c1ccccc1. The molecule has 0 bridgehead atoms. The molecule has 0 radical (unpaired) electrons. The number of hydrogen-bond acceptors (Lipinski definition) is 8. The zero-order valence-corrected chi connectivity index (χ0v) is 18.4.